The number of aromatic nitrogens is 1. The molecule has 0 radical (unpaired) electrons. The Morgan fingerprint density at radius 2 is 2.31 bits per heavy atom. The fourth-order valence-corrected chi connectivity index (χ4v) is 1.50. The Bertz CT molecular complexity index is 369. The smallest absolute Gasteiger partial charge is 0.129 e. The second-order valence-corrected chi connectivity index (χ2v) is 3.24. The molecule has 1 aromatic rings. The molecule has 0 unspecified atom stereocenters. The molecule has 0 aromatic carbocycles. The third kappa shape index (κ3) is 1.95. The minimum atomic E-state index is 0.543. The number of hydrogen-bond acceptors (Lipinski definition) is 2. The van der Waals surface area contributed by atoms with Gasteiger partial charge in [0, 0.05) is 18.8 Å². The Labute approximate surface area is 82.0 Å². The van der Waals surface area contributed by atoms with Crippen molar-refractivity contribution in [3.05, 3.63) is 35.1 Å². The molecule has 3 heteroatoms. The van der Waals surface area contributed by atoms with Gasteiger partial charge in [0.25, 0.3) is 0 Å². The Balaban J connectivity index is 2.30. The van der Waals surface area contributed by atoms with Crippen molar-refractivity contribution in [2.45, 2.75) is 6.42 Å². The van der Waals surface area contributed by atoms with E-state index in [0.717, 1.165) is 18.5 Å². The molecule has 2 rings (SSSR count). The lowest BCUT2D eigenvalue weighted by Gasteiger charge is -2.07. The maximum absolute atomic E-state index is 5.79. The first-order valence-electron chi connectivity index (χ1n) is 4.15. The second-order valence-electron chi connectivity index (χ2n) is 2.85. The summed E-state index contributed by atoms with van der Waals surface area (Å²) in [7, 11) is 0. The van der Waals surface area contributed by atoms with Crippen LogP contribution >= 0.6 is 11.6 Å². The van der Waals surface area contributed by atoms with E-state index in [2.05, 4.69) is 16.1 Å². The van der Waals surface area contributed by atoms with Crippen LogP contribution in [0, 0.1) is 0 Å². The number of rotatable bonds is 1. The summed E-state index contributed by atoms with van der Waals surface area (Å²) in [5.74, 6) is 0. The van der Waals surface area contributed by atoms with Crippen LogP contribution < -0.4 is 0 Å². The quantitative estimate of drug-likeness (QED) is 0.628. The summed E-state index contributed by atoms with van der Waals surface area (Å²) in [5, 5.41) is 0.543. The lowest BCUT2D eigenvalue weighted by Crippen LogP contribution is -1.94. The maximum atomic E-state index is 5.79. The van der Waals surface area contributed by atoms with E-state index in [1.165, 1.54) is 5.57 Å². The summed E-state index contributed by atoms with van der Waals surface area (Å²) < 4.78 is 0. The molecule has 2 heterocycles. The second kappa shape index (κ2) is 3.71. The molecular formula is C10H9ClN2. The molecular weight excluding hydrogens is 184 g/mol. The normalized spacial score (nSPS) is 15.6. The first kappa shape index (κ1) is 8.45. The van der Waals surface area contributed by atoms with Crippen molar-refractivity contribution in [3.8, 4) is 0 Å². The van der Waals surface area contributed by atoms with Crippen molar-refractivity contribution in [3.63, 3.8) is 0 Å². The SMILES string of the molecule is Clc1cc(C2=CCN=CC2)ccn1. The van der Waals surface area contributed by atoms with Crippen molar-refractivity contribution < 1.29 is 0 Å². The molecule has 0 saturated heterocycles. The molecule has 0 saturated carbocycles. The largest absolute Gasteiger partial charge is 0.293 e. The van der Waals surface area contributed by atoms with Crippen molar-refractivity contribution in [1.82, 2.24) is 4.98 Å². The van der Waals surface area contributed by atoms with E-state index in [-0.39, 0.29) is 0 Å². The first-order valence-corrected chi connectivity index (χ1v) is 4.53. The maximum Gasteiger partial charge on any atom is 0.129 e. The van der Waals surface area contributed by atoms with Crippen LogP contribution in [0.5, 0.6) is 0 Å². The van der Waals surface area contributed by atoms with Gasteiger partial charge in [0.2, 0.25) is 0 Å². The van der Waals surface area contributed by atoms with E-state index in [1.54, 1.807) is 6.20 Å². The Morgan fingerprint density at radius 1 is 1.38 bits per heavy atom. The number of hydrogen-bond donors (Lipinski definition) is 0. The Kier molecular flexibility index (Phi) is 2.41. The van der Waals surface area contributed by atoms with Crippen LogP contribution in [-0.2, 0) is 0 Å². The van der Waals surface area contributed by atoms with Crippen LogP contribution in [-0.4, -0.2) is 17.7 Å². The molecule has 0 aliphatic carbocycles. The number of nitrogens with zero attached hydrogens (tertiary/aromatic N) is 2. The summed E-state index contributed by atoms with van der Waals surface area (Å²) in [6.07, 6.45) is 6.67. The van der Waals surface area contributed by atoms with Crippen LogP contribution in [0.1, 0.15) is 12.0 Å². The molecule has 0 N–H and O–H groups in total. The van der Waals surface area contributed by atoms with Crippen LogP contribution in [0.25, 0.3) is 5.57 Å². The van der Waals surface area contributed by atoms with Crippen molar-refractivity contribution in [1.29, 1.82) is 0 Å². The highest BCUT2D eigenvalue weighted by atomic mass is 35.5. The van der Waals surface area contributed by atoms with Crippen LogP contribution in [0.4, 0.5) is 0 Å². The summed E-state index contributed by atoms with van der Waals surface area (Å²) in [5.41, 5.74) is 2.42. The predicted octanol–water partition coefficient (Wildman–Crippen LogP) is 2.59. The fraction of sp³-hybridized carbons (Fsp3) is 0.200. The van der Waals surface area contributed by atoms with Gasteiger partial charge in [-0.3, -0.25) is 4.99 Å². The van der Waals surface area contributed by atoms with Gasteiger partial charge in [0.1, 0.15) is 5.15 Å². The summed E-state index contributed by atoms with van der Waals surface area (Å²) in [4.78, 5) is 8.06. The molecule has 66 valence electrons. The van der Waals surface area contributed by atoms with Gasteiger partial charge >= 0.3 is 0 Å². The molecule has 13 heavy (non-hydrogen) atoms. The van der Waals surface area contributed by atoms with Crippen molar-refractivity contribution in [2.75, 3.05) is 6.54 Å². The lowest BCUT2D eigenvalue weighted by molar-refractivity contribution is 1.20. The molecule has 0 bridgehead atoms. The molecule has 0 spiro atoms. The minimum Gasteiger partial charge on any atom is -0.293 e. The average Bonchev–Trinajstić information content (AvgIpc) is 2.19. The van der Waals surface area contributed by atoms with Gasteiger partial charge in [-0.2, -0.15) is 0 Å². The highest BCUT2D eigenvalue weighted by Gasteiger charge is 2.03. The average molecular weight is 193 g/mol. The highest BCUT2D eigenvalue weighted by molar-refractivity contribution is 6.29. The van der Waals surface area contributed by atoms with E-state index in [0.29, 0.717) is 5.15 Å². The van der Waals surface area contributed by atoms with E-state index in [1.807, 2.05) is 18.3 Å². The molecule has 2 nitrogen and oxygen atoms in total. The number of dihydropyridines is 1. The third-order valence-electron chi connectivity index (χ3n) is 1.98. The topological polar surface area (TPSA) is 25.2 Å². The monoisotopic (exact) mass is 192 g/mol. The first-order chi connectivity index (χ1) is 6.36. The molecule has 0 atom stereocenters. The number of aliphatic imine (C=N–C) groups is 1. The van der Waals surface area contributed by atoms with Gasteiger partial charge in [-0.15, -0.1) is 0 Å². The highest BCUT2D eigenvalue weighted by Crippen LogP contribution is 2.20. The predicted molar refractivity (Wildman–Crippen MR) is 55.2 cm³/mol. The molecule has 0 amide bonds. The Hall–Kier alpha value is -1.15. The summed E-state index contributed by atoms with van der Waals surface area (Å²) >= 11 is 5.79. The van der Waals surface area contributed by atoms with E-state index in [4.69, 9.17) is 11.6 Å². The Morgan fingerprint density at radius 3 is 3.00 bits per heavy atom. The zero-order valence-electron chi connectivity index (χ0n) is 7.07. The van der Waals surface area contributed by atoms with Gasteiger partial charge < -0.3 is 0 Å². The van der Waals surface area contributed by atoms with E-state index < -0.39 is 0 Å². The molecule has 0 fully saturated rings. The molecule has 1 aromatic heterocycles. The lowest BCUT2D eigenvalue weighted by atomic mass is 10.0. The standard InChI is InChI=1S/C10H9ClN2/c11-10-7-9(3-6-13-10)8-1-4-12-5-2-8/h1,3,5-7H,2,4H2. The van der Waals surface area contributed by atoms with Gasteiger partial charge in [-0.25, -0.2) is 4.98 Å². The van der Waals surface area contributed by atoms with Gasteiger partial charge in [0.15, 0.2) is 0 Å². The van der Waals surface area contributed by atoms with E-state index >= 15 is 0 Å². The van der Waals surface area contributed by atoms with Crippen LogP contribution in [0.15, 0.2) is 29.4 Å². The van der Waals surface area contributed by atoms with Crippen molar-refractivity contribution >= 4 is 23.4 Å². The van der Waals surface area contributed by atoms with Gasteiger partial charge in [-0.05, 0) is 23.3 Å². The fourth-order valence-electron chi connectivity index (χ4n) is 1.32. The van der Waals surface area contributed by atoms with Gasteiger partial charge in [-0.1, -0.05) is 17.7 Å². The molecule has 1 aliphatic rings. The summed E-state index contributed by atoms with van der Waals surface area (Å²) in [6, 6.07) is 3.85. The van der Waals surface area contributed by atoms with Crippen LogP contribution in [0.3, 0.4) is 0 Å². The number of allylic oxidation sites excluding steroid dienone is 1. The minimum absolute atomic E-state index is 0.543. The van der Waals surface area contributed by atoms with Gasteiger partial charge in [0.05, 0.1) is 6.54 Å². The number of halogens is 1. The van der Waals surface area contributed by atoms with Crippen molar-refractivity contribution in [2.24, 2.45) is 4.99 Å². The zero-order valence-corrected chi connectivity index (χ0v) is 7.83. The number of pyridine rings is 1. The third-order valence-corrected chi connectivity index (χ3v) is 2.19. The van der Waals surface area contributed by atoms with E-state index in [9.17, 15) is 0 Å². The molecule has 1 aliphatic heterocycles. The zero-order chi connectivity index (χ0) is 9.10. The summed E-state index contributed by atoms with van der Waals surface area (Å²) in [6.45, 7) is 0.773. The van der Waals surface area contributed by atoms with Crippen LogP contribution in [0.2, 0.25) is 5.15 Å².